The Balaban J connectivity index is 1.07. The van der Waals surface area contributed by atoms with Gasteiger partial charge in [-0.15, -0.1) is 6.58 Å². The van der Waals surface area contributed by atoms with E-state index in [2.05, 4.69) is 36.9 Å². The minimum Gasteiger partial charge on any atom is -0.491 e. The number of halogens is 2. The van der Waals surface area contributed by atoms with Gasteiger partial charge >= 0.3 is 0 Å². The van der Waals surface area contributed by atoms with Crippen molar-refractivity contribution in [1.29, 1.82) is 0 Å². The van der Waals surface area contributed by atoms with Crippen LogP contribution in [0, 0.1) is 41.2 Å². The predicted octanol–water partition coefficient (Wildman–Crippen LogP) is 10.0. The summed E-state index contributed by atoms with van der Waals surface area (Å²) >= 11 is 0. The van der Waals surface area contributed by atoms with Gasteiger partial charge in [0.25, 0.3) is 0 Å². The van der Waals surface area contributed by atoms with Crippen LogP contribution < -0.4 is 9.47 Å². The Morgan fingerprint density at radius 3 is 2.00 bits per heavy atom. The Morgan fingerprint density at radius 1 is 0.744 bits per heavy atom. The van der Waals surface area contributed by atoms with E-state index in [1.54, 1.807) is 6.92 Å². The molecule has 3 aliphatic carbocycles. The maximum Gasteiger partial charge on any atom is 0.204 e. The molecular formula is C35H46F2O2. The van der Waals surface area contributed by atoms with Gasteiger partial charge in [0.05, 0.1) is 6.61 Å². The van der Waals surface area contributed by atoms with Crippen molar-refractivity contribution in [3.8, 4) is 11.5 Å². The number of hydrogen-bond donors (Lipinski definition) is 0. The van der Waals surface area contributed by atoms with E-state index in [0.717, 1.165) is 35.2 Å². The monoisotopic (exact) mass is 536 g/mol. The molecule has 2 aromatic rings. The van der Waals surface area contributed by atoms with Crippen molar-refractivity contribution < 1.29 is 18.3 Å². The molecule has 0 aromatic heterocycles. The fraction of sp³-hybridized carbons (Fsp3) is 0.600. The fourth-order valence-electron chi connectivity index (χ4n) is 7.93. The maximum absolute atomic E-state index is 14.3. The first-order valence-corrected chi connectivity index (χ1v) is 15.5. The molecule has 0 spiro atoms. The zero-order valence-corrected chi connectivity index (χ0v) is 23.7. The Bertz CT molecular complexity index is 1070. The van der Waals surface area contributed by atoms with Crippen LogP contribution in [0.2, 0.25) is 0 Å². The number of hydrogen-bond acceptors (Lipinski definition) is 2. The molecule has 3 aliphatic rings. The highest BCUT2D eigenvalue weighted by molar-refractivity contribution is 5.35. The van der Waals surface area contributed by atoms with E-state index < -0.39 is 11.6 Å². The largest absolute Gasteiger partial charge is 0.491 e. The summed E-state index contributed by atoms with van der Waals surface area (Å²) in [6.45, 7) is 6.14. The highest BCUT2D eigenvalue weighted by atomic mass is 19.2. The average molecular weight is 537 g/mol. The summed E-state index contributed by atoms with van der Waals surface area (Å²) in [7, 11) is 0. The van der Waals surface area contributed by atoms with E-state index in [4.69, 9.17) is 9.47 Å². The molecule has 2 nitrogen and oxygen atoms in total. The van der Waals surface area contributed by atoms with E-state index in [-0.39, 0.29) is 24.7 Å². The normalized spacial score (nSPS) is 28.9. The van der Waals surface area contributed by atoms with Crippen molar-refractivity contribution in [1.82, 2.24) is 0 Å². The Morgan fingerprint density at radius 2 is 1.33 bits per heavy atom. The molecule has 0 amide bonds. The summed E-state index contributed by atoms with van der Waals surface area (Å²) in [5.74, 6) is 3.25. The molecule has 0 bridgehead atoms. The van der Waals surface area contributed by atoms with Crippen LogP contribution in [0.15, 0.2) is 49.1 Å². The van der Waals surface area contributed by atoms with E-state index in [1.165, 1.54) is 94.7 Å². The van der Waals surface area contributed by atoms with Gasteiger partial charge in [-0.2, -0.15) is 8.78 Å². The highest BCUT2D eigenvalue weighted by Gasteiger charge is 2.38. The Kier molecular flexibility index (Phi) is 9.63. The summed E-state index contributed by atoms with van der Waals surface area (Å²) in [5.41, 5.74) is 2.36. The molecule has 212 valence electrons. The lowest BCUT2D eigenvalue weighted by molar-refractivity contribution is 0.0621. The van der Waals surface area contributed by atoms with Crippen molar-refractivity contribution in [2.75, 3.05) is 6.61 Å². The molecule has 3 saturated carbocycles. The lowest BCUT2D eigenvalue weighted by atomic mass is 9.60. The van der Waals surface area contributed by atoms with Gasteiger partial charge in [-0.05, 0) is 136 Å². The number of fused-ring (bicyclic) bond motifs is 1. The molecule has 4 atom stereocenters. The van der Waals surface area contributed by atoms with Gasteiger partial charge in [0.2, 0.25) is 11.6 Å². The van der Waals surface area contributed by atoms with Crippen LogP contribution in [0.25, 0.3) is 0 Å². The van der Waals surface area contributed by atoms with Gasteiger partial charge in [0.15, 0.2) is 11.5 Å². The molecule has 5 rings (SSSR count). The standard InChI is InChI=1S/C35H46F2O2/c1-3-5-6-24-7-12-31-22-30(18-17-29(31)21-24)28-15-13-27(14-16-28)26-10-8-25(9-11-26)23-39-33-20-19-32(38-4-2)34(36)35(33)37/h3,8-11,19-20,24,27-31H,1,4-7,12-18,21-23H2,2H3. The smallest absolute Gasteiger partial charge is 0.204 e. The van der Waals surface area contributed by atoms with Crippen LogP contribution in [0.4, 0.5) is 8.78 Å². The van der Waals surface area contributed by atoms with Crippen LogP contribution in [0.3, 0.4) is 0 Å². The molecule has 0 N–H and O–H groups in total. The van der Waals surface area contributed by atoms with Gasteiger partial charge in [0, 0.05) is 0 Å². The van der Waals surface area contributed by atoms with Crippen LogP contribution in [0.1, 0.15) is 101 Å². The lowest BCUT2D eigenvalue weighted by Crippen LogP contribution is -2.34. The topological polar surface area (TPSA) is 18.5 Å². The number of benzene rings is 2. The maximum atomic E-state index is 14.3. The van der Waals surface area contributed by atoms with Gasteiger partial charge in [-0.3, -0.25) is 0 Å². The molecule has 0 heterocycles. The lowest BCUT2D eigenvalue weighted by Gasteiger charge is -2.45. The van der Waals surface area contributed by atoms with Crippen LogP contribution in [0.5, 0.6) is 11.5 Å². The van der Waals surface area contributed by atoms with E-state index >= 15 is 0 Å². The van der Waals surface area contributed by atoms with Gasteiger partial charge in [-0.25, -0.2) is 0 Å². The zero-order chi connectivity index (χ0) is 27.2. The van der Waals surface area contributed by atoms with E-state index in [9.17, 15) is 8.78 Å². The summed E-state index contributed by atoms with van der Waals surface area (Å²) in [4.78, 5) is 0. The molecule has 4 heteroatoms. The molecule has 3 fully saturated rings. The quantitative estimate of drug-likeness (QED) is 0.281. The number of rotatable bonds is 10. The molecule has 2 aromatic carbocycles. The van der Waals surface area contributed by atoms with Crippen LogP contribution in [-0.2, 0) is 6.61 Å². The summed E-state index contributed by atoms with van der Waals surface area (Å²) in [6, 6.07) is 11.4. The highest BCUT2D eigenvalue weighted by Crippen LogP contribution is 2.50. The van der Waals surface area contributed by atoms with Gasteiger partial charge in [-0.1, -0.05) is 36.8 Å². The first-order valence-electron chi connectivity index (χ1n) is 15.5. The summed E-state index contributed by atoms with van der Waals surface area (Å²) < 4.78 is 39.1. The van der Waals surface area contributed by atoms with E-state index in [0.29, 0.717) is 5.92 Å². The molecule has 0 saturated heterocycles. The second kappa shape index (κ2) is 13.3. The molecule has 0 radical (unpaired) electrons. The first-order chi connectivity index (χ1) is 19.1. The van der Waals surface area contributed by atoms with Crippen LogP contribution in [-0.4, -0.2) is 6.61 Å². The number of ether oxygens (including phenoxy) is 2. The third kappa shape index (κ3) is 6.87. The fourth-order valence-corrected chi connectivity index (χ4v) is 7.93. The van der Waals surface area contributed by atoms with Gasteiger partial charge < -0.3 is 9.47 Å². The third-order valence-electron chi connectivity index (χ3n) is 10.1. The molecular weight excluding hydrogens is 490 g/mol. The zero-order valence-electron chi connectivity index (χ0n) is 23.7. The van der Waals surface area contributed by atoms with Crippen molar-refractivity contribution >= 4 is 0 Å². The van der Waals surface area contributed by atoms with Gasteiger partial charge in [0.1, 0.15) is 6.61 Å². The summed E-state index contributed by atoms with van der Waals surface area (Å²) in [5, 5.41) is 0. The molecule has 4 unspecified atom stereocenters. The van der Waals surface area contributed by atoms with Crippen LogP contribution >= 0.6 is 0 Å². The van der Waals surface area contributed by atoms with E-state index in [1.807, 2.05) is 0 Å². The summed E-state index contributed by atoms with van der Waals surface area (Å²) in [6.07, 6.45) is 18.7. The van der Waals surface area contributed by atoms with Crippen molar-refractivity contribution in [3.05, 3.63) is 71.8 Å². The average Bonchev–Trinajstić information content (AvgIpc) is 2.98. The second-order valence-electron chi connectivity index (χ2n) is 12.4. The molecule has 0 aliphatic heterocycles. The third-order valence-corrected chi connectivity index (χ3v) is 10.1. The molecule has 39 heavy (non-hydrogen) atoms. The van der Waals surface area contributed by atoms with Crippen molar-refractivity contribution in [2.24, 2.45) is 29.6 Å². The predicted molar refractivity (Wildman–Crippen MR) is 154 cm³/mol. The second-order valence-corrected chi connectivity index (χ2v) is 12.4. The number of allylic oxidation sites excluding steroid dienone is 1. The van der Waals surface area contributed by atoms with Crippen molar-refractivity contribution in [2.45, 2.75) is 96.5 Å². The Labute approximate surface area is 234 Å². The van der Waals surface area contributed by atoms with Crippen molar-refractivity contribution in [3.63, 3.8) is 0 Å². The SMILES string of the molecule is C=CCCC1CCC2CC(C3CCC(c4ccc(COc5ccc(OCC)c(F)c5F)cc4)CC3)CCC2C1. The first kappa shape index (κ1) is 28.2. The Hall–Kier alpha value is -2.36. The minimum absolute atomic E-state index is 0.0869. The minimum atomic E-state index is -1.00.